The number of rotatable bonds is 5. The number of aromatic nitrogens is 4. The van der Waals surface area contributed by atoms with Crippen LogP contribution in [0.25, 0.3) is 39.3 Å². The molecule has 0 saturated carbocycles. The molecule has 0 aliphatic carbocycles. The van der Waals surface area contributed by atoms with E-state index >= 15 is 0 Å². The van der Waals surface area contributed by atoms with Crippen LogP contribution in [0.15, 0.2) is 73.2 Å². The van der Waals surface area contributed by atoms with Gasteiger partial charge >= 0.3 is 0 Å². The molecule has 3 aromatic heterocycles. The maximum absolute atomic E-state index is 14.7. The summed E-state index contributed by atoms with van der Waals surface area (Å²) in [4.78, 5) is 13.7. The summed E-state index contributed by atoms with van der Waals surface area (Å²) in [6.07, 6.45) is 6.37. The van der Waals surface area contributed by atoms with E-state index in [2.05, 4.69) is 21.8 Å². The third-order valence-corrected chi connectivity index (χ3v) is 8.28. The number of fused-ring (bicyclic) bond motifs is 3. The van der Waals surface area contributed by atoms with Gasteiger partial charge in [0.2, 0.25) is 0 Å². The van der Waals surface area contributed by atoms with Gasteiger partial charge < -0.3 is 9.64 Å². The third kappa shape index (κ3) is 3.94. The van der Waals surface area contributed by atoms with Crippen molar-refractivity contribution in [2.45, 2.75) is 18.5 Å². The van der Waals surface area contributed by atoms with Gasteiger partial charge in [-0.3, -0.25) is 9.88 Å². The maximum atomic E-state index is 14.7. The molecule has 0 spiro atoms. The van der Waals surface area contributed by atoms with Gasteiger partial charge in [-0.2, -0.15) is 5.10 Å². The van der Waals surface area contributed by atoms with E-state index in [9.17, 15) is 4.39 Å². The summed E-state index contributed by atoms with van der Waals surface area (Å²) in [5.41, 5.74) is 6.72. The monoisotopic (exact) mass is 540 g/mol. The molecule has 0 amide bonds. The van der Waals surface area contributed by atoms with E-state index in [-0.39, 0.29) is 5.82 Å². The van der Waals surface area contributed by atoms with Gasteiger partial charge in [-0.25, -0.2) is 13.9 Å². The predicted octanol–water partition coefficient (Wildman–Crippen LogP) is 5.82. The van der Waals surface area contributed by atoms with E-state index in [4.69, 9.17) is 26.4 Å². The molecule has 0 N–H and O–H groups in total. The van der Waals surface area contributed by atoms with Gasteiger partial charge in [-0.15, -0.1) is 0 Å². The van der Waals surface area contributed by atoms with E-state index in [1.165, 1.54) is 6.07 Å². The molecule has 7 nitrogen and oxygen atoms in total. The predicted molar refractivity (Wildman–Crippen MR) is 151 cm³/mol. The summed E-state index contributed by atoms with van der Waals surface area (Å²) < 4.78 is 22.0. The Kier molecular flexibility index (Phi) is 5.75. The van der Waals surface area contributed by atoms with Crippen molar-refractivity contribution in [1.29, 1.82) is 0 Å². The van der Waals surface area contributed by atoms with Crippen LogP contribution in [0, 0.1) is 5.82 Å². The van der Waals surface area contributed by atoms with Gasteiger partial charge in [-0.05, 0) is 67.6 Å². The first-order chi connectivity index (χ1) is 19.0. The smallest absolute Gasteiger partial charge is 0.164 e. The molecular weight excluding hydrogens is 515 g/mol. The van der Waals surface area contributed by atoms with Crippen molar-refractivity contribution < 1.29 is 9.13 Å². The van der Waals surface area contributed by atoms with Crippen LogP contribution < -0.4 is 9.64 Å². The van der Waals surface area contributed by atoms with Crippen LogP contribution in [0.1, 0.15) is 6.42 Å². The van der Waals surface area contributed by atoms with Crippen LogP contribution in [0.2, 0.25) is 5.02 Å². The van der Waals surface area contributed by atoms with E-state index in [0.29, 0.717) is 28.5 Å². The zero-order chi connectivity index (χ0) is 26.7. The number of hydrogen-bond donors (Lipinski definition) is 0. The number of nitrogens with zero attached hydrogens (tertiary/aromatic N) is 6. The Morgan fingerprint density at radius 2 is 1.79 bits per heavy atom. The standard InChI is InChI=1S/C30H26ClFN6O/c1-36-16-22-15-21(36)17-37(22)26-14-20(32)4-5-23(26)25-9-12-34-30-28(19-3-6-24(31)27(13-19)39-2)29(35-38(25)30)18-7-10-33-11-8-18/h3-14,21-22H,15-17H2,1-2H3/t21-,22-/m1/s1. The molecule has 5 heterocycles. The highest BCUT2D eigenvalue weighted by Gasteiger charge is 2.42. The van der Waals surface area contributed by atoms with Gasteiger partial charge in [-0.1, -0.05) is 17.7 Å². The van der Waals surface area contributed by atoms with Gasteiger partial charge in [0, 0.05) is 60.6 Å². The number of likely N-dealkylation sites (N-methyl/N-ethyl adjacent to an activating group) is 1. The molecular formula is C30H26ClFN6O. The van der Waals surface area contributed by atoms with Crippen LogP contribution in [0.5, 0.6) is 5.75 Å². The molecule has 2 fully saturated rings. The molecule has 5 aromatic rings. The highest BCUT2D eigenvalue weighted by molar-refractivity contribution is 6.32. The van der Waals surface area contributed by atoms with Crippen LogP contribution in [-0.4, -0.2) is 63.8 Å². The summed E-state index contributed by atoms with van der Waals surface area (Å²) in [6, 6.07) is 17.3. The van der Waals surface area contributed by atoms with Crippen molar-refractivity contribution in [2.75, 3.05) is 32.1 Å². The Morgan fingerprint density at radius 1 is 0.949 bits per heavy atom. The molecule has 9 heteroatoms. The molecule has 0 radical (unpaired) electrons. The molecule has 2 saturated heterocycles. The minimum absolute atomic E-state index is 0.248. The Balaban J connectivity index is 1.46. The van der Waals surface area contributed by atoms with Crippen molar-refractivity contribution in [3.8, 4) is 39.4 Å². The Labute approximate surface area is 230 Å². The molecule has 2 atom stereocenters. The fourth-order valence-corrected chi connectivity index (χ4v) is 6.26. The van der Waals surface area contributed by atoms with Crippen molar-refractivity contribution in [3.63, 3.8) is 0 Å². The second-order valence-corrected chi connectivity index (χ2v) is 10.6. The van der Waals surface area contributed by atoms with E-state index in [1.807, 2.05) is 47.0 Å². The van der Waals surface area contributed by atoms with Crippen LogP contribution >= 0.6 is 11.6 Å². The van der Waals surface area contributed by atoms with Gasteiger partial charge in [0.25, 0.3) is 0 Å². The lowest BCUT2D eigenvalue weighted by Gasteiger charge is -2.34. The number of piperazine rings is 1. The largest absolute Gasteiger partial charge is 0.495 e. The van der Waals surface area contributed by atoms with Crippen LogP contribution in [-0.2, 0) is 0 Å². The first-order valence-corrected chi connectivity index (χ1v) is 13.3. The van der Waals surface area contributed by atoms with Crippen LogP contribution in [0.3, 0.4) is 0 Å². The van der Waals surface area contributed by atoms with Crippen molar-refractivity contribution in [1.82, 2.24) is 24.5 Å². The Hall–Kier alpha value is -4.01. The number of likely N-dealkylation sites (tertiary alicyclic amines) is 1. The Bertz CT molecular complexity index is 1710. The van der Waals surface area contributed by atoms with E-state index in [1.54, 1.807) is 31.8 Å². The summed E-state index contributed by atoms with van der Waals surface area (Å²) in [5, 5.41) is 5.62. The van der Waals surface area contributed by atoms with Crippen molar-refractivity contribution >= 4 is 22.9 Å². The van der Waals surface area contributed by atoms with Crippen molar-refractivity contribution in [2.24, 2.45) is 0 Å². The SMILES string of the molecule is COc1cc(-c2c(-c3ccncc3)nn3c(-c4ccc(F)cc4N4C[C@H]5C[C@@H]4CN5C)ccnc23)ccc1Cl. The quantitative estimate of drug-likeness (QED) is 0.280. The molecule has 2 aliphatic heterocycles. The van der Waals surface area contributed by atoms with Crippen molar-refractivity contribution in [3.05, 3.63) is 84.0 Å². The number of pyridine rings is 1. The highest BCUT2D eigenvalue weighted by atomic mass is 35.5. The zero-order valence-corrected chi connectivity index (χ0v) is 22.3. The lowest BCUT2D eigenvalue weighted by molar-refractivity contribution is 0.292. The normalized spacial score (nSPS) is 18.8. The first-order valence-electron chi connectivity index (χ1n) is 12.9. The average molecular weight is 541 g/mol. The zero-order valence-electron chi connectivity index (χ0n) is 21.6. The first kappa shape index (κ1) is 24.1. The van der Waals surface area contributed by atoms with Crippen LogP contribution in [0.4, 0.5) is 10.1 Å². The molecule has 7 rings (SSSR count). The summed E-state index contributed by atoms with van der Waals surface area (Å²) in [7, 11) is 3.76. The molecule has 2 aliphatic rings. The number of anilines is 1. The third-order valence-electron chi connectivity index (χ3n) is 7.97. The summed E-state index contributed by atoms with van der Waals surface area (Å²) >= 11 is 6.36. The lowest BCUT2D eigenvalue weighted by Crippen LogP contribution is -2.44. The molecule has 196 valence electrons. The number of hydrogen-bond acceptors (Lipinski definition) is 6. The van der Waals surface area contributed by atoms with E-state index in [0.717, 1.165) is 58.8 Å². The molecule has 2 bridgehead atoms. The minimum Gasteiger partial charge on any atom is -0.495 e. The summed E-state index contributed by atoms with van der Waals surface area (Å²) in [6.45, 7) is 1.85. The summed E-state index contributed by atoms with van der Waals surface area (Å²) in [5.74, 6) is 0.322. The average Bonchev–Trinajstić information content (AvgIpc) is 3.66. The van der Waals surface area contributed by atoms with E-state index < -0.39 is 0 Å². The fraction of sp³-hybridized carbons (Fsp3) is 0.233. The highest BCUT2D eigenvalue weighted by Crippen LogP contribution is 2.42. The maximum Gasteiger partial charge on any atom is 0.164 e. The van der Waals surface area contributed by atoms with Gasteiger partial charge in [0.1, 0.15) is 17.3 Å². The van der Waals surface area contributed by atoms with Gasteiger partial charge in [0.05, 0.1) is 23.4 Å². The second kappa shape index (κ2) is 9.32. The number of benzene rings is 2. The lowest BCUT2D eigenvalue weighted by atomic mass is 10.0. The molecule has 2 aromatic carbocycles. The second-order valence-electron chi connectivity index (χ2n) is 10.2. The van der Waals surface area contributed by atoms with Gasteiger partial charge in [0.15, 0.2) is 5.65 Å². The Morgan fingerprint density at radius 3 is 2.54 bits per heavy atom. The molecule has 39 heavy (non-hydrogen) atoms. The number of halogens is 2. The number of ether oxygens (including phenoxy) is 1. The molecule has 0 unspecified atom stereocenters. The minimum atomic E-state index is -0.248. The topological polar surface area (TPSA) is 58.8 Å². The fourth-order valence-electron chi connectivity index (χ4n) is 6.06. The number of methoxy groups -OCH3 is 1.